The second-order valence-corrected chi connectivity index (χ2v) is 5.25. The molecule has 1 rings (SSSR count). The third-order valence-corrected chi connectivity index (χ3v) is 3.51. The lowest BCUT2D eigenvalue weighted by Crippen LogP contribution is -2.44. The zero-order valence-corrected chi connectivity index (χ0v) is 10.4. The van der Waals surface area contributed by atoms with Crippen LogP contribution in [0.5, 0.6) is 0 Å². The maximum absolute atomic E-state index is 2.74. The summed E-state index contributed by atoms with van der Waals surface area (Å²) >= 11 is 0. The van der Waals surface area contributed by atoms with Crippen LogP contribution in [0.2, 0.25) is 0 Å². The minimum atomic E-state index is 0.852. The quantitative estimate of drug-likeness (QED) is 0.666. The molecule has 14 heavy (non-hydrogen) atoms. The van der Waals surface area contributed by atoms with E-state index in [-0.39, 0.29) is 0 Å². The smallest absolute Gasteiger partial charge is 0.00927 e. The lowest BCUT2D eigenvalue weighted by molar-refractivity contribution is 0.0882. The van der Waals surface area contributed by atoms with Gasteiger partial charge in [0, 0.05) is 19.1 Å². The first-order valence-corrected chi connectivity index (χ1v) is 6.41. The second-order valence-electron chi connectivity index (χ2n) is 5.25. The third-order valence-electron chi connectivity index (χ3n) is 3.51. The molecule has 0 spiro atoms. The van der Waals surface area contributed by atoms with Gasteiger partial charge in [0.1, 0.15) is 0 Å². The van der Waals surface area contributed by atoms with Gasteiger partial charge < -0.3 is 0 Å². The average Bonchev–Trinajstić information content (AvgIpc) is 2.12. The van der Waals surface area contributed by atoms with Crippen LogP contribution in [-0.2, 0) is 0 Å². The maximum Gasteiger partial charge on any atom is 0.00927 e. The molecule has 1 fully saturated rings. The molecule has 0 radical (unpaired) electrons. The molecule has 0 amide bonds. The number of hydrogen-bond acceptors (Lipinski definition) is 1. The predicted molar refractivity (Wildman–Crippen MR) is 63.5 cm³/mol. The highest BCUT2D eigenvalue weighted by Gasteiger charge is 2.25. The molecule has 0 aromatic rings. The summed E-state index contributed by atoms with van der Waals surface area (Å²) in [6.45, 7) is 12.1. The summed E-state index contributed by atoms with van der Waals surface area (Å²) in [6.07, 6.45) is 5.47. The van der Waals surface area contributed by atoms with Crippen molar-refractivity contribution in [1.82, 2.24) is 4.90 Å². The number of likely N-dealkylation sites (tertiary alicyclic amines) is 1. The zero-order chi connectivity index (χ0) is 10.6. The maximum atomic E-state index is 2.74. The van der Waals surface area contributed by atoms with Gasteiger partial charge in [0.25, 0.3) is 0 Å². The lowest BCUT2D eigenvalue weighted by Gasteiger charge is -2.40. The molecular formula is C13H27N. The Morgan fingerprint density at radius 2 is 1.71 bits per heavy atom. The van der Waals surface area contributed by atoms with E-state index in [1.165, 1.54) is 38.8 Å². The van der Waals surface area contributed by atoms with E-state index in [1.54, 1.807) is 0 Å². The molecule has 0 saturated carbocycles. The van der Waals surface area contributed by atoms with E-state index in [4.69, 9.17) is 0 Å². The van der Waals surface area contributed by atoms with Crippen molar-refractivity contribution in [2.45, 2.75) is 59.4 Å². The van der Waals surface area contributed by atoms with Gasteiger partial charge in [-0.05, 0) is 31.1 Å². The summed E-state index contributed by atoms with van der Waals surface area (Å²) in [6, 6.07) is 0.852. The molecule has 1 aliphatic heterocycles. The molecule has 1 nitrogen and oxygen atoms in total. The molecule has 0 aromatic carbocycles. The van der Waals surface area contributed by atoms with Crippen molar-refractivity contribution in [1.29, 1.82) is 0 Å². The van der Waals surface area contributed by atoms with E-state index in [0.717, 1.165) is 17.9 Å². The largest absolute Gasteiger partial charge is 0.300 e. The van der Waals surface area contributed by atoms with Crippen LogP contribution >= 0.6 is 0 Å². The Morgan fingerprint density at radius 1 is 1.14 bits per heavy atom. The summed E-state index contributed by atoms with van der Waals surface area (Å²) in [5.74, 6) is 1.81. The number of nitrogens with zero attached hydrogens (tertiary/aromatic N) is 1. The van der Waals surface area contributed by atoms with Crippen LogP contribution in [0.25, 0.3) is 0 Å². The van der Waals surface area contributed by atoms with Crippen LogP contribution in [-0.4, -0.2) is 24.0 Å². The van der Waals surface area contributed by atoms with Gasteiger partial charge in [-0.1, -0.05) is 34.1 Å². The van der Waals surface area contributed by atoms with Crippen LogP contribution in [0.15, 0.2) is 0 Å². The Hall–Kier alpha value is -0.0400. The summed E-state index contributed by atoms with van der Waals surface area (Å²) in [5, 5.41) is 0. The normalized spacial score (nSPS) is 31.7. The van der Waals surface area contributed by atoms with Crippen molar-refractivity contribution in [2.75, 3.05) is 13.1 Å². The first-order chi connectivity index (χ1) is 6.67. The molecule has 0 aliphatic carbocycles. The zero-order valence-electron chi connectivity index (χ0n) is 10.4. The van der Waals surface area contributed by atoms with Crippen molar-refractivity contribution < 1.29 is 0 Å². The lowest BCUT2D eigenvalue weighted by atomic mass is 9.90. The van der Waals surface area contributed by atoms with E-state index in [9.17, 15) is 0 Å². The van der Waals surface area contributed by atoms with Gasteiger partial charge in [-0.15, -0.1) is 0 Å². The minimum Gasteiger partial charge on any atom is -0.300 e. The van der Waals surface area contributed by atoms with Crippen molar-refractivity contribution in [3.8, 4) is 0 Å². The topological polar surface area (TPSA) is 3.24 Å². The van der Waals surface area contributed by atoms with Gasteiger partial charge in [-0.25, -0.2) is 0 Å². The van der Waals surface area contributed by atoms with Crippen LogP contribution in [0, 0.1) is 11.8 Å². The molecule has 3 atom stereocenters. The number of piperidine rings is 1. The summed E-state index contributed by atoms with van der Waals surface area (Å²) < 4.78 is 0. The molecule has 0 aromatic heterocycles. The highest BCUT2D eigenvalue weighted by atomic mass is 15.2. The fourth-order valence-electron chi connectivity index (χ4n) is 2.99. The van der Waals surface area contributed by atoms with E-state index in [0.29, 0.717) is 0 Å². The predicted octanol–water partition coefficient (Wildman–Crippen LogP) is 3.54. The number of rotatable bonds is 4. The molecule has 1 heteroatoms. The molecule has 0 bridgehead atoms. The van der Waals surface area contributed by atoms with Crippen LogP contribution in [0.4, 0.5) is 0 Å². The molecule has 84 valence electrons. The Kier molecular flexibility index (Phi) is 4.94. The standard InChI is InChI=1S/C13H27N/c1-5-7-13(6-2)14-9-11(3)8-12(4)10-14/h11-13H,5-10H2,1-4H3/t11-,12+,13?. The molecule has 0 N–H and O–H groups in total. The highest BCUT2D eigenvalue weighted by molar-refractivity contribution is 4.79. The van der Waals surface area contributed by atoms with Gasteiger partial charge in [0.2, 0.25) is 0 Å². The highest BCUT2D eigenvalue weighted by Crippen LogP contribution is 2.24. The van der Waals surface area contributed by atoms with E-state index < -0.39 is 0 Å². The van der Waals surface area contributed by atoms with Crippen molar-refractivity contribution >= 4 is 0 Å². The van der Waals surface area contributed by atoms with E-state index in [2.05, 4.69) is 32.6 Å². The number of hydrogen-bond donors (Lipinski definition) is 0. The fourth-order valence-corrected chi connectivity index (χ4v) is 2.99. The first kappa shape index (κ1) is 12.0. The first-order valence-electron chi connectivity index (χ1n) is 6.41. The molecular weight excluding hydrogens is 170 g/mol. The SMILES string of the molecule is CCCC(CC)N1C[C@H](C)C[C@H](C)C1. The van der Waals surface area contributed by atoms with Gasteiger partial charge in [-0.2, -0.15) is 0 Å². The van der Waals surface area contributed by atoms with Crippen molar-refractivity contribution in [2.24, 2.45) is 11.8 Å². The van der Waals surface area contributed by atoms with Crippen molar-refractivity contribution in [3.63, 3.8) is 0 Å². The molecule has 1 unspecified atom stereocenters. The summed E-state index contributed by atoms with van der Waals surface area (Å²) in [5.41, 5.74) is 0. The van der Waals surface area contributed by atoms with Crippen LogP contribution in [0.3, 0.4) is 0 Å². The van der Waals surface area contributed by atoms with Crippen LogP contribution < -0.4 is 0 Å². The van der Waals surface area contributed by atoms with Crippen LogP contribution in [0.1, 0.15) is 53.4 Å². The van der Waals surface area contributed by atoms with E-state index in [1.807, 2.05) is 0 Å². The summed E-state index contributed by atoms with van der Waals surface area (Å²) in [7, 11) is 0. The second kappa shape index (κ2) is 5.75. The Bertz CT molecular complexity index is 145. The molecule has 1 saturated heterocycles. The Labute approximate surface area is 89.9 Å². The van der Waals surface area contributed by atoms with Gasteiger partial charge in [0.05, 0.1) is 0 Å². The Morgan fingerprint density at radius 3 is 2.14 bits per heavy atom. The minimum absolute atomic E-state index is 0.852. The monoisotopic (exact) mass is 197 g/mol. The van der Waals surface area contributed by atoms with Gasteiger partial charge in [0.15, 0.2) is 0 Å². The third kappa shape index (κ3) is 3.27. The van der Waals surface area contributed by atoms with Gasteiger partial charge in [-0.3, -0.25) is 4.90 Å². The van der Waals surface area contributed by atoms with E-state index >= 15 is 0 Å². The molecule has 1 heterocycles. The summed E-state index contributed by atoms with van der Waals surface area (Å²) in [4.78, 5) is 2.74. The average molecular weight is 197 g/mol. The van der Waals surface area contributed by atoms with Gasteiger partial charge >= 0.3 is 0 Å². The Balaban J connectivity index is 2.47. The fraction of sp³-hybridized carbons (Fsp3) is 1.00. The van der Waals surface area contributed by atoms with Crippen molar-refractivity contribution in [3.05, 3.63) is 0 Å². The molecule has 1 aliphatic rings.